The van der Waals surface area contributed by atoms with E-state index in [4.69, 9.17) is 19.7 Å². The van der Waals surface area contributed by atoms with Crippen molar-refractivity contribution in [2.24, 2.45) is 5.73 Å². The first-order valence-corrected chi connectivity index (χ1v) is 7.78. The molecule has 1 heterocycles. The Kier molecular flexibility index (Phi) is 5.41. The van der Waals surface area contributed by atoms with Gasteiger partial charge in [0, 0.05) is 5.56 Å². The van der Waals surface area contributed by atoms with Gasteiger partial charge in [-0.25, -0.2) is 9.18 Å². The van der Waals surface area contributed by atoms with Crippen LogP contribution in [0.25, 0.3) is 11.4 Å². The Morgan fingerprint density at radius 2 is 1.78 bits per heavy atom. The first-order valence-electron chi connectivity index (χ1n) is 7.78. The fraction of sp³-hybridized carbons (Fsp3) is 0.111. The Balaban J connectivity index is 1.56. The van der Waals surface area contributed by atoms with Gasteiger partial charge in [-0.2, -0.15) is 4.98 Å². The van der Waals surface area contributed by atoms with Gasteiger partial charge in [-0.05, 0) is 48.5 Å². The van der Waals surface area contributed by atoms with Gasteiger partial charge in [0.05, 0.1) is 5.56 Å². The number of carbonyl (C=O) groups is 2. The summed E-state index contributed by atoms with van der Waals surface area (Å²) in [5.74, 6) is -0.814. The number of hydrogen-bond acceptors (Lipinski definition) is 7. The molecule has 138 valence electrons. The maximum atomic E-state index is 12.9. The van der Waals surface area contributed by atoms with E-state index < -0.39 is 11.9 Å². The molecule has 0 saturated carbocycles. The van der Waals surface area contributed by atoms with Crippen molar-refractivity contribution in [3.63, 3.8) is 0 Å². The number of benzene rings is 2. The zero-order chi connectivity index (χ0) is 19.2. The quantitative estimate of drug-likeness (QED) is 0.632. The molecule has 8 nitrogen and oxygen atoms in total. The fourth-order valence-corrected chi connectivity index (χ4v) is 2.08. The van der Waals surface area contributed by atoms with Crippen molar-refractivity contribution in [3.8, 4) is 17.1 Å². The predicted octanol–water partition coefficient (Wildman–Crippen LogP) is 2.10. The molecule has 0 bridgehead atoms. The van der Waals surface area contributed by atoms with Gasteiger partial charge in [-0.15, -0.1) is 0 Å². The molecule has 1 amide bonds. The summed E-state index contributed by atoms with van der Waals surface area (Å²) >= 11 is 0. The highest BCUT2D eigenvalue weighted by molar-refractivity contribution is 5.89. The minimum Gasteiger partial charge on any atom is -0.484 e. The topological polar surface area (TPSA) is 118 Å². The molecule has 0 atom stereocenters. The van der Waals surface area contributed by atoms with Crippen LogP contribution in [-0.4, -0.2) is 28.6 Å². The number of amides is 1. The van der Waals surface area contributed by atoms with E-state index in [2.05, 4.69) is 10.1 Å². The second-order valence-corrected chi connectivity index (χ2v) is 5.37. The molecule has 0 unspecified atom stereocenters. The monoisotopic (exact) mass is 371 g/mol. The lowest BCUT2D eigenvalue weighted by atomic mass is 10.2. The van der Waals surface area contributed by atoms with E-state index in [0.717, 1.165) is 0 Å². The Morgan fingerprint density at radius 1 is 1.07 bits per heavy atom. The number of nitrogens with two attached hydrogens (primary N) is 1. The lowest BCUT2D eigenvalue weighted by Crippen LogP contribution is -2.20. The molecule has 0 fully saturated rings. The predicted molar refractivity (Wildman–Crippen MR) is 89.9 cm³/mol. The van der Waals surface area contributed by atoms with Crippen molar-refractivity contribution in [2.45, 2.75) is 6.61 Å². The molecule has 2 N–H and O–H groups in total. The molecule has 0 spiro atoms. The minimum atomic E-state index is -0.599. The third-order valence-electron chi connectivity index (χ3n) is 3.37. The standard InChI is InChI=1S/C18H14FN3O5/c19-13-5-1-11(2-6-13)17-21-16(27-22-17)10-26-18(24)12-3-7-14(8-4-12)25-9-15(20)23/h1-8H,9-10H2,(H2,20,23). The Morgan fingerprint density at radius 3 is 2.44 bits per heavy atom. The number of halogens is 1. The van der Waals surface area contributed by atoms with Crippen LogP contribution in [-0.2, 0) is 16.1 Å². The summed E-state index contributed by atoms with van der Waals surface area (Å²) in [6.07, 6.45) is 0. The van der Waals surface area contributed by atoms with E-state index in [9.17, 15) is 14.0 Å². The number of rotatable bonds is 7. The second kappa shape index (κ2) is 8.09. The van der Waals surface area contributed by atoms with E-state index in [1.54, 1.807) is 0 Å². The van der Waals surface area contributed by atoms with Crippen molar-refractivity contribution < 1.29 is 28.0 Å². The molecule has 9 heteroatoms. The third-order valence-corrected chi connectivity index (χ3v) is 3.37. The summed E-state index contributed by atoms with van der Waals surface area (Å²) in [7, 11) is 0. The van der Waals surface area contributed by atoms with Crippen molar-refractivity contribution >= 4 is 11.9 Å². The van der Waals surface area contributed by atoms with Gasteiger partial charge in [-0.3, -0.25) is 4.79 Å². The Hall–Kier alpha value is -3.75. The third kappa shape index (κ3) is 4.88. The lowest BCUT2D eigenvalue weighted by molar-refractivity contribution is -0.119. The van der Waals surface area contributed by atoms with Crippen molar-refractivity contribution in [1.29, 1.82) is 0 Å². The van der Waals surface area contributed by atoms with Gasteiger partial charge in [0.1, 0.15) is 11.6 Å². The highest BCUT2D eigenvalue weighted by atomic mass is 19.1. The highest BCUT2D eigenvalue weighted by Crippen LogP contribution is 2.17. The molecule has 1 aromatic heterocycles. The van der Waals surface area contributed by atoms with Crippen LogP contribution in [0.3, 0.4) is 0 Å². The maximum Gasteiger partial charge on any atom is 0.338 e. The summed E-state index contributed by atoms with van der Waals surface area (Å²) in [4.78, 5) is 26.8. The molecule has 0 aliphatic carbocycles. The second-order valence-electron chi connectivity index (χ2n) is 5.37. The highest BCUT2D eigenvalue weighted by Gasteiger charge is 2.13. The number of esters is 1. The van der Waals surface area contributed by atoms with Crippen molar-refractivity contribution in [1.82, 2.24) is 10.1 Å². The first-order chi connectivity index (χ1) is 13.0. The SMILES string of the molecule is NC(=O)COc1ccc(C(=O)OCc2nc(-c3ccc(F)cc3)no2)cc1. The van der Waals surface area contributed by atoms with Gasteiger partial charge in [-0.1, -0.05) is 5.16 Å². The maximum absolute atomic E-state index is 12.9. The largest absolute Gasteiger partial charge is 0.484 e. The average Bonchev–Trinajstić information content (AvgIpc) is 3.14. The van der Waals surface area contributed by atoms with E-state index >= 15 is 0 Å². The number of aromatic nitrogens is 2. The van der Waals surface area contributed by atoms with Gasteiger partial charge in [0.2, 0.25) is 5.82 Å². The molecule has 27 heavy (non-hydrogen) atoms. The van der Waals surface area contributed by atoms with Gasteiger partial charge in [0.25, 0.3) is 11.8 Å². The Bertz CT molecular complexity index is 938. The van der Waals surface area contributed by atoms with Crippen LogP contribution >= 0.6 is 0 Å². The number of primary amides is 1. The van der Waals surface area contributed by atoms with Crippen LogP contribution in [0, 0.1) is 5.82 Å². The van der Waals surface area contributed by atoms with Crippen LogP contribution in [0.15, 0.2) is 53.1 Å². The summed E-state index contributed by atoms with van der Waals surface area (Å²) in [6, 6.07) is 11.6. The molecule has 3 aromatic rings. The lowest BCUT2D eigenvalue weighted by Gasteiger charge is -2.05. The van der Waals surface area contributed by atoms with Gasteiger partial charge in [0.15, 0.2) is 13.2 Å². The van der Waals surface area contributed by atoms with E-state index in [1.807, 2.05) is 0 Å². The fourth-order valence-electron chi connectivity index (χ4n) is 2.08. The van der Waals surface area contributed by atoms with Gasteiger partial charge >= 0.3 is 5.97 Å². The van der Waals surface area contributed by atoms with Crippen LogP contribution in [0.4, 0.5) is 4.39 Å². The summed E-state index contributed by atoms with van der Waals surface area (Å²) in [5, 5.41) is 3.76. The van der Waals surface area contributed by atoms with Crippen molar-refractivity contribution in [2.75, 3.05) is 6.61 Å². The smallest absolute Gasteiger partial charge is 0.338 e. The zero-order valence-electron chi connectivity index (χ0n) is 13.9. The molecule has 0 aliphatic heterocycles. The number of nitrogens with zero attached hydrogens (tertiary/aromatic N) is 2. The van der Waals surface area contributed by atoms with Crippen LogP contribution < -0.4 is 10.5 Å². The molecule has 0 aliphatic rings. The van der Waals surface area contributed by atoms with Crippen molar-refractivity contribution in [3.05, 3.63) is 65.8 Å². The number of carbonyl (C=O) groups excluding carboxylic acids is 2. The minimum absolute atomic E-state index is 0.101. The molecular formula is C18H14FN3O5. The zero-order valence-corrected chi connectivity index (χ0v) is 13.9. The van der Waals surface area contributed by atoms with Crippen LogP contribution in [0.1, 0.15) is 16.2 Å². The first kappa shape index (κ1) is 18.1. The van der Waals surface area contributed by atoms with E-state index in [1.165, 1.54) is 48.5 Å². The summed E-state index contributed by atoms with van der Waals surface area (Å²) in [5.41, 5.74) is 5.83. The average molecular weight is 371 g/mol. The Labute approximate surface area is 152 Å². The molecule has 0 saturated heterocycles. The number of hydrogen-bond donors (Lipinski definition) is 1. The summed E-state index contributed by atoms with van der Waals surface area (Å²) in [6.45, 7) is -0.468. The van der Waals surface area contributed by atoms with E-state index in [0.29, 0.717) is 11.3 Å². The molecule has 3 rings (SSSR count). The van der Waals surface area contributed by atoms with Crippen LogP contribution in [0.2, 0.25) is 0 Å². The normalized spacial score (nSPS) is 10.4. The molecular weight excluding hydrogens is 357 g/mol. The molecule has 2 aromatic carbocycles. The van der Waals surface area contributed by atoms with Gasteiger partial charge < -0.3 is 19.7 Å². The summed E-state index contributed by atoms with van der Waals surface area (Å²) < 4.78 is 28.2. The van der Waals surface area contributed by atoms with Crippen LogP contribution in [0.5, 0.6) is 5.75 Å². The van der Waals surface area contributed by atoms with E-state index in [-0.39, 0.29) is 36.3 Å². The molecule has 0 radical (unpaired) electrons. The number of ether oxygens (including phenoxy) is 2.